The summed E-state index contributed by atoms with van der Waals surface area (Å²) in [5.41, 5.74) is 0.861. The molecule has 31 heavy (non-hydrogen) atoms. The predicted molar refractivity (Wildman–Crippen MR) is 111 cm³/mol. The molecule has 2 N–H and O–H groups in total. The third kappa shape index (κ3) is 3.67. The lowest BCUT2D eigenvalue weighted by Crippen LogP contribution is -2.18. The van der Waals surface area contributed by atoms with Crippen LogP contribution in [0.25, 0.3) is 0 Å². The Morgan fingerprint density at radius 1 is 1.35 bits per heavy atom. The van der Waals surface area contributed by atoms with Crippen LogP contribution < -0.4 is 19.5 Å². The second-order valence-corrected chi connectivity index (χ2v) is 9.32. The molecule has 1 aliphatic heterocycles. The van der Waals surface area contributed by atoms with Gasteiger partial charge in [0.05, 0.1) is 5.56 Å². The zero-order valence-electron chi connectivity index (χ0n) is 16.0. The molecule has 160 valence electrons. The molecule has 1 aromatic carbocycles. The Bertz CT molecular complexity index is 1360. The summed E-state index contributed by atoms with van der Waals surface area (Å²) in [6.45, 7) is 3.14. The van der Waals surface area contributed by atoms with E-state index in [1.54, 1.807) is 19.9 Å². The summed E-state index contributed by atoms with van der Waals surface area (Å²) in [6.07, 6.45) is 0. The first-order chi connectivity index (χ1) is 14.7. The van der Waals surface area contributed by atoms with E-state index < -0.39 is 15.9 Å². The fraction of sp³-hybridized carbons (Fsp3) is 0.167. The topological polar surface area (TPSA) is 144 Å². The van der Waals surface area contributed by atoms with Crippen molar-refractivity contribution in [2.45, 2.75) is 18.7 Å². The highest BCUT2D eigenvalue weighted by atomic mass is 35.5. The number of halogens is 1. The highest BCUT2D eigenvalue weighted by Gasteiger charge is 2.29. The lowest BCUT2D eigenvalue weighted by molar-refractivity contribution is 0.102. The molecule has 0 saturated heterocycles. The van der Waals surface area contributed by atoms with Gasteiger partial charge >= 0.3 is 0 Å². The van der Waals surface area contributed by atoms with Crippen molar-refractivity contribution in [1.82, 2.24) is 5.16 Å². The van der Waals surface area contributed by atoms with Crippen LogP contribution in [0.5, 0.6) is 11.5 Å². The van der Waals surface area contributed by atoms with Crippen molar-refractivity contribution in [1.29, 1.82) is 5.26 Å². The van der Waals surface area contributed by atoms with E-state index in [4.69, 9.17) is 25.6 Å². The molecular weight excluding hydrogens is 468 g/mol. The van der Waals surface area contributed by atoms with E-state index in [1.165, 1.54) is 11.4 Å². The minimum absolute atomic E-state index is 0.00741. The highest BCUT2D eigenvalue weighted by Crippen LogP contribution is 2.40. The Morgan fingerprint density at radius 3 is 2.81 bits per heavy atom. The number of carbonyl (C=O) groups excluding carboxylic acids is 1. The summed E-state index contributed by atoms with van der Waals surface area (Å²) >= 11 is 6.97. The molecule has 0 fully saturated rings. The summed E-state index contributed by atoms with van der Waals surface area (Å²) in [7, 11) is -4.16. The van der Waals surface area contributed by atoms with Crippen LogP contribution >= 0.6 is 22.9 Å². The van der Waals surface area contributed by atoms with E-state index in [0.29, 0.717) is 17.0 Å². The van der Waals surface area contributed by atoms with Gasteiger partial charge in [0, 0.05) is 0 Å². The summed E-state index contributed by atoms with van der Waals surface area (Å²) in [5.74, 6) is -0.358. The second-order valence-electron chi connectivity index (χ2n) is 6.37. The smallest absolute Gasteiger partial charge is 0.267 e. The Kier molecular flexibility index (Phi) is 5.26. The largest absolute Gasteiger partial charge is 0.454 e. The van der Waals surface area contributed by atoms with Gasteiger partial charge in [-0.1, -0.05) is 16.8 Å². The normalized spacial score (nSPS) is 12.5. The number of hydrogen-bond donors (Lipinski definition) is 2. The summed E-state index contributed by atoms with van der Waals surface area (Å²) < 4.78 is 43.3. The van der Waals surface area contributed by atoms with Gasteiger partial charge in [0.1, 0.15) is 32.2 Å². The number of aromatic nitrogens is 1. The van der Waals surface area contributed by atoms with E-state index in [1.807, 2.05) is 6.07 Å². The SMILES string of the molecule is Cc1cc2c(c(C#N)c1C(=O)Nc1sccc1S(=O)(=O)Nc1onc(C)c1Cl)OCO2. The zero-order chi connectivity index (χ0) is 22.3. The number of amides is 1. The van der Waals surface area contributed by atoms with Crippen molar-refractivity contribution >= 4 is 49.8 Å². The van der Waals surface area contributed by atoms with Crippen LogP contribution in [-0.4, -0.2) is 26.3 Å². The van der Waals surface area contributed by atoms with Crippen molar-refractivity contribution < 1.29 is 27.2 Å². The van der Waals surface area contributed by atoms with E-state index in [0.717, 1.165) is 11.3 Å². The number of nitrogens with one attached hydrogen (secondary N) is 2. The standard InChI is InChI=1S/C18H13ClN4O6S2/c1-8-5-11-15(28-7-27-11)10(6-20)13(8)16(24)21-18-12(3-4-30-18)31(25,26)23-17-14(19)9(2)22-29-17/h3-5,23H,7H2,1-2H3,(H,21,24). The number of benzene rings is 1. The third-order valence-corrected chi connectivity index (χ3v) is 7.14. The molecule has 0 saturated carbocycles. The molecule has 2 aromatic heterocycles. The van der Waals surface area contributed by atoms with E-state index >= 15 is 0 Å². The Morgan fingerprint density at radius 2 is 2.13 bits per heavy atom. The van der Waals surface area contributed by atoms with Gasteiger partial charge in [0.25, 0.3) is 21.8 Å². The number of sulfonamides is 1. The van der Waals surface area contributed by atoms with Crippen LogP contribution in [0.4, 0.5) is 10.9 Å². The molecule has 13 heteroatoms. The number of aryl methyl sites for hydroxylation is 2. The Labute approximate surface area is 185 Å². The number of carbonyl (C=O) groups is 1. The quantitative estimate of drug-likeness (QED) is 0.563. The molecule has 3 aromatic rings. The van der Waals surface area contributed by atoms with Gasteiger partial charge in [-0.05, 0) is 36.9 Å². The van der Waals surface area contributed by atoms with Gasteiger partial charge in [0.15, 0.2) is 11.5 Å². The number of anilines is 2. The molecule has 1 amide bonds. The molecule has 0 spiro atoms. The van der Waals surface area contributed by atoms with Crippen LogP contribution in [0.15, 0.2) is 26.9 Å². The van der Waals surface area contributed by atoms with Crippen LogP contribution in [0, 0.1) is 25.2 Å². The van der Waals surface area contributed by atoms with Crippen molar-refractivity contribution in [3.8, 4) is 17.6 Å². The van der Waals surface area contributed by atoms with Crippen molar-refractivity contribution in [3.63, 3.8) is 0 Å². The van der Waals surface area contributed by atoms with Crippen LogP contribution in [0.2, 0.25) is 5.02 Å². The van der Waals surface area contributed by atoms with Gasteiger partial charge in [-0.2, -0.15) is 5.26 Å². The van der Waals surface area contributed by atoms with Gasteiger partial charge in [0.2, 0.25) is 6.79 Å². The minimum Gasteiger partial charge on any atom is -0.454 e. The number of nitrogens with zero attached hydrogens (tertiary/aromatic N) is 2. The molecule has 0 aliphatic carbocycles. The van der Waals surface area contributed by atoms with E-state index in [2.05, 4.69) is 15.2 Å². The average Bonchev–Trinajstić information content (AvgIpc) is 3.44. The maximum absolute atomic E-state index is 13.0. The molecule has 3 heterocycles. The van der Waals surface area contributed by atoms with Gasteiger partial charge < -0.3 is 19.3 Å². The van der Waals surface area contributed by atoms with Crippen LogP contribution in [-0.2, 0) is 10.0 Å². The molecule has 0 radical (unpaired) electrons. The summed E-state index contributed by atoms with van der Waals surface area (Å²) in [6, 6.07) is 4.86. The first kappa shape index (κ1) is 21.0. The van der Waals surface area contributed by atoms with Crippen LogP contribution in [0.1, 0.15) is 27.2 Å². The Balaban J connectivity index is 1.66. The van der Waals surface area contributed by atoms with E-state index in [-0.39, 0.29) is 44.5 Å². The zero-order valence-corrected chi connectivity index (χ0v) is 18.4. The predicted octanol–water partition coefficient (Wildman–Crippen LogP) is 3.66. The number of fused-ring (bicyclic) bond motifs is 1. The number of nitriles is 1. The van der Waals surface area contributed by atoms with Crippen molar-refractivity contribution in [2.75, 3.05) is 16.8 Å². The second kappa shape index (κ2) is 7.77. The van der Waals surface area contributed by atoms with E-state index in [9.17, 15) is 18.5 Å². The number of hydrogen-bond acceptors (Lipinski definition) is 9. The lowest BCUT2D eigenvalue weighted by Gasteiger charge is -2.12. The maximum Gasteiger partial charge on any atom is 0.267 e. The number of ether oxygens (including phenoxy) is 2. The van der Waals surface area contributed by atoms with Gasteiger partial charge in [-0.3, -0.25) is 4.79 Å². The fourth-order valence-corrected chi connectivity index (χ4v) is 5.38. The van der Waals surface area contributed by atoms with Crippen molar-refractivity contribution in [3.05, 3.63) is 44.9 Å². The molecule has 1 aliphatic rings. The minimum atomic E-state index is -4.16. The Hall–Kier alpha value is -3.27. The molecular formula is C18H13ClN4O6S2. The fourth-order valence-electron chi connectivity index (χ4n) is 2.93. The summed E-state index contributed by atoms with van der Waals surface area (Å²) in [5, 5.41) is 17.3. The van der Waals surface area contributed by atoms with Crippen LogP contribution in [0.3, 0.4) is 0 Å². The summed E-state index contributed by atoms with van der Waals surface area (Å²) in [4.78, 5) is 12.8. The maximum atomic E-state index is 13.0. The number of rotatable bonds is 5. The first-order valence-corrected chi connectivity index (χ1v) is 11.3. The molecule has 4 rings (SSSR count). The molecule has 0 atom stereocenters. The van der Waals surface area contributed by atoms with Crippen molar-refractivity contribution in [2.24, 2.45) is 0 Å². The molecule has 10 nitrogen and oxygen atoms in total. The first-order valence-electron chi connectivity index (χ1n) is 8.59. The molecule has 0 bridgehead atoms. The number of thiophene rings is 1. The average molecular weight is 481 g/mol. The van der Waals surface area contributed by atoms with Gasteiger partial charge in [-0.15, -0.1) is 11.3 Å². The highest BCUT2D eigenvalue weighted by molar-refractivity contribution is 7.93. The monoisotopic (exact) mass is 480 g/mol. The molecule has 0 unspecified atom stereocenters. The third-order valence-electron chi connectivity index (χ3n) is 4.36. The lowest BCUT2D eigenvalue weighted by atomic mass is 10.00. The van der Waals surface area contributed by atoms with Gasteiger partial charge in [-0.25, -0.2) is 13.1 Å².